The van der Waals surface area contributed by atoms with Gasteiger partial charge in [0.05, 0.1) is 0 Å². The highest BCUT2D eigenvalue weighted by molar-refractivity contribution is 6.23. The predicted molar refractivity (Wildman–Crippen MR) is 44.3 cm³/mol. The van der Waals surface area contributed by atoms with Crippen molar-refractivity contribution in [3.05, 3.63) is 35.4 Å². The quantitative estimate of drug-likeness (QED) is 0.577. The first-order valence-electron chi connectivity index (χ1n) is 3.80. The molecule has 0 saturated heterocycles. The van der Waals surface area contributed by atoms with Crippen LogP contribution in [-0.2, 0) is 16.1 Å². The van der Waals surface area contributed by atoms with E-state index in [4.69, 9.17) is 0 Å². The largest absolute Gasteiger partial charge is 0.346 e. The summed E-state index contributed by atoms with van der Waals surface area (Å²) in [6, 6.07) is 2.99. The molecule has 14 heavy (non-hydrogen) atoms. The highest BCUT2D eigenvalue weighted by Crippen LogP contribution is 2.08. The highest BCUT2D eigenvalue weighted by Gasteiger charge is 2.04. The summed E-state index contributed by atoms with van der Waals surface area (Å²) in [5, 5.41) is 2.14. The lowest BCUT2D eigenvalue weighted by Gasteiger charge is -2.02. The predicted octanol–water partition coefficient (Wildman–Crippen LogP) is 0.780. The standard InChI is InChI=1S/C9H7F2NO2/c10-7-2-1-6(8(11)3-7)4-12-9(14)5-13/h1-3,5H,4H2,(H,12,14). The smallest absolute Gasteiger partial charge is 0.284 e. The van der Waals surface area contributed by atoms with E-state index in [1.807, 2.05) is 0 Å². The molecule has 0 aromatic heterocycles. The molecule has 74 valence electrons. The molecule has 0 fully saturated rings. The zero-order chi connectivity index (χ0) is 10.6. The molecule has 1 amide bonds. The molecule has 5 heteroatoms. The summed E-state index contributed by atoms with van der Waals surface area (Å²) in [7, 11) is 0. The van der Waals surface area contributed by atoms with Gasteiger partial charge in [-0.2, -0.15) is 0 Å². The third-order valence-electron chi connectivity index (χ3n) is 1.58. The van der Waals surface area contributed by atoms with Crippen LogP contribution in [-0.4, -0.2) is 12.2 Å². The molecule has 0 heterocycles. The Morgan fingerprint density at radius 2 is 2.14 bits per heavy atom. The summed E-state index contributed by atoms with van der Waals surface area (Å²) in [6.45, 7) is -0.135. The zero-order valence-corrected chi connectivity index (χ0v) is 7.09. The Morgan fingerprint density at radius 1 is 1.43 bits per heavy atom. The number of aldehydes is 1. The average molecular weight is 199 g/mol. The lowest BCUT2D eigenvalue weighted by atomic mass is 10.2. The number of nitrogens with one attached hydrogen (secondary N) is 1. The lowest BCUT2D eigenvalue weighted by Crippen LogP contribution is -2.23. The maximum Gasteiger partial charge on any atom is 0.284 e. The fourth-order valence-corrected chi connectivity index (χ4v) is 0.889. The Bertz CT molecular complexity index is 366. The van der Waals surface area contributed by atoms with Gasteiger partial charge in [0, 0.05) is 18.2 Å². The molecule has 1 aromatic rings. The average Bonchev–Trinajstić information content (AvgIpc) is 2.16. The molecule has 1 rings (SSSR count). The summed E-state index contributed by atoms with van der Waals surface area (Å²) in [6.07, 6.45) is 0.0848. The van der Waals surface area contributed by atoms with E-state index in [-0.39, 0.29) is 18.4 Å². The van der Waals surface area contributed by atoms with Crippen LogP contribution in [0.15, 0.2) is 18.2 Å². The van der Waals surface area contributed by atoms with Crippen molar-refractivity contribution in [2.45, 2.75) is 6.54 Å². The number of rotatable bonds is 3. The molecule has 0 spiro atoms. The first-order valence-corrected chi connectivity index (χ1v) is 3.80. The highest BCUT2D eigenvalue weighted by atomic mass is 19.1. The van der Waals surface area contributed by atoms with Crippen molar-refractivity contribution in [1.82, 2.24) is 5.32 Å². The second-order valence-electron chi connectivity index (χ2n) is 2.57. The van der Waals surface area contributed by atoms with Crippen LogP contribution in [0.5, 0.6) is 0 Å². The normalized spacial score (nSPS) is 9.57. The van der Waals surface area contributed by atoms with Crippen molar-refractivity contribution in [1.29, 1.82) is 0 Å². The van der Waals surface area contributed by atoms with Crippen LogP contribution in [0.3, 0.4) is 0 Å². The maximum atomic E-state index is 12.9. The van der Waals surface area contributed by atoms with Gasteiger partial charge in [-0.05, 0) is 6.07 Å². The number of amides is 1. The van der Waals surface area contributed by atoms with Crippen molar-refractivity contribution in [2.24, 2.45) is 0 Å². The molecule has 0 unspecified atom stereocenters. The number of hydrogen-bond acceptors (Lipinski definition) is 2. The third-order valence-corrected chi connectivity index (χ3v) is 1.58. The van der Waals surface area contributed by atoms with Gasteiger partial charge < -0.3 is 5.32 Å². The topological polar surface area (TPSA) is 46.2 Å². The van der Waals surface area contributed by atoms with E-state index in [1.165, 1.54) is 6.07 Å². The van der Waals surface area contributed by atoms with Crippen LogP contribution >= 0.6 is 0 Å². The summed E-state index contributed by atoms with van der Waals surface area (Å²) in [5.41, 5.74) is 0.126. The first kappa shape index (κ1) is 10.3. The minimum Gasteiger partial charge on any atom is -0.346 e. The van der Waals surface area contributed by atoms with Gasteiger partial charge >= 0.3 is 0 Å². The molecule has 0 aliphatic rings. The van der Waals surface area contributed by atoms with E-state index in [1.54, 1.807) is 0 Å². The van der Waals surface area contributed by atoms with Crippen LogP contribution in [0.4, 0.5) is 8.78 Å². The minimum atomic E-state index is -0.839. The van der Waals surface area contributed by atoms with Gasteiger partial charge in [-0.15, -0.1) is 0 Å². The van der Waals surface area contributed by atoms with E-state index in [0.29, 0.717) is 6.07 Å². The molecular weight excluding hydrogens is 192 g/mol. The van der Waals surface area contributed by atoms with E-state index in [0.717, 1.165) is 6.07 Å². The van der Waals surface area contributed by atoms with Gasteiger partial charge in [0.15, 0.2) is 0 Å². The molecule has 0 radical (unpaired) electrons. The van der Waals surface area contributed by atoms with Gasteiger partial charge in [0.1, 0.15) is 11.6 Å². The van der Waals surface area contributed by atoms with Crippen LogP contribution in [0.2, 0.25) is 0 Å². The van der Waals surface area contributed by atoms with E-state index in [9.17, 15) is 18.4 Å². The second-order valence-corrected chi connectivity index (χ2v) is 2.57. The Morgan fingerprint density at radius 3 is 2.71 bits per heavy atom. The molecule has 3 nitrogen and oxygen atoms in total. The molecule has 1 aromatic carbocycles. The van der Waals surface area contributed by atoms with Crippen LogP contribution < -0.4 is 5.32 Å². The number of benzene rings is 1. The van der Waals surface area contributed by atoms with Crippen LogP contribution in [0.25, 0.3) is 0 Å². The Kier molecular flexibility index (Phi) is 3.28. The van der Waals surface area contributed by atoms with E-state index < -0.39 is 17.5 Å². The fraction of sp³-hybridized carbons (Fsp3) is 0.111. The second kappa shape index (κ2) is 4.45. The van der Waals surface area contributed by atoms with E-state index in [2.05, 4.69) is 5.32 Å². The summed E-state index contributed by atoms with van der Waals surface area (Å²) >= 11 is 0. The molecule has 0 saturated carbocycles. The zero-order valence-electron chi connectivity index (χ0n) is 7.09. The molecule has 0 atom stereocenters. The monoisotopic (exact) mass is 199 g/mol. The van der Waals surface area contributed by atoms with Gasteiger partial charge in [-0.3, -0.25) is 9.59 Å². The number of halogens is 2. The lowest BCUT2D eigenvalue weighted by molar-refractivity contribution is -0.131. The minimum absolute atomic E-state index is 0.0848. The Balaban J connectivity index is 2.68. The van der Waals surface area contributed by atoms with Crippen LogP contribution in [0, 0.1) is 11.6 Å². The molecule has 0 bridgehead atoms. The third kappa shape index (κ3) is 2.62. The molecule has 0 aliphatic carbocycles. The Hall–Kier alpha value is -1.78. The summed E-state index contributed by atoms with van der Waals surface area (Å²) in [4.78, 5) is 20.4. The van der Waals surface area contributed by atoms with Crippen molar-refractivity contribution in [2.75, 3.05) is 0 Å². The summed E-state index contributed by atoms with van der Waals surface area (Å²) in [5.74, 6) is -2.28. The number of carbonyl (C=O) groups is 2. The molecular formula is C9H7F2NO2. The van der Waals surface area contributed by atoms with Crippen molar-refractivity contribution in [3.63, 3.8) is 0 Å². The maximum absolute atomic E-state index is 12.9. The van der Waals surface area contributed by atoms with Gasteiger partial charge in [-0.1, -0.05) is 6.07 Å². The number of carbonyl (C=O) groups excluding carboxylic acids is 2. The van der Waals surface area contributed by atoms with Gasteiger partial charge in [-0.25, -0.2) is 8.78 Å². The van der Waals surface area contributed by atoms with Crippen molar-refractivity contribution < 1.29 is 18.4 Å². The first-order chi connectivity index (χ1) is 6.63. The molecule has 1 N–H and O–H groups in total. The van der Waals surface area contributed by atoms with Crippen molar-refractivity contribution in [3.8, 4) is 0 Å². The number of hydrogen-bond donors (Lipinski definition) is 1. The van der Waals surface area contributed by atoms with Gasteiger partial charge in [0.25, 0.3) is 5.91 Å². The van der Waals surface area contributed by atoms with Crippen LogP contribution in [0.1, 0.15) is 5.56 Å². The van der Waals surface area contributed by atoms with Gasteiger partial charge in [0.2, 0.25) is 6.29 Å². The summed E-state index contributed by atoms with van der Waals surface area (Å²) < 4.78 is 25.4. The fourth-order valence-electron chi connectivity index (χ4n) is 0.889. The SMILES string of the molecule is O=CC(=O)NCc1ccc(F)cc1F. The Labute approximate surface area is 78.7 Å². The van der Waals surface area contributed by atoms with Crippen molar-refractivity contribution >= 4 is 12.2 Å². The van der Waals surface area contributed by atoms with E-state index >= 15 is 0 Å². The molecule has 0 aliphatic heterocycles.